The summed E-state index contributed by atoms with van der Waals surface area (Å²) in [6, 6.07) is 10.6. The molecule has 3 nitrogen and oxygen atoms in total. The maximum Gasteiger partial charge on any atom is 0.127 e. The van der Waals surface area contributed by atoms with Gasteiger partial charge in [-0.05, 0) is 43.1 Å². The third-order valence-corrected chi connectivity index (χ3v) is 3.53. The van der Waals surface area contributed by atoms with Gasteiger partial charge in [0.2, 0.25) is 0 Å². The standard InChI is InChI=1S/C18H26N2O/c1-14(2)11-19-12-16-8-9-21-18(16)13-20(4)17-7-5-6-15(3)10-17/h5-10,14,19H,11-13H2,1-4H3. The molecule has 2 aromatic rings. The highest BCUT2D eigenvalue weighted by Gasteiger charge is 2.10. The molecule has 0 aliphatic rings. The fraction of sp³-hybridized carbons (Fsp3) is 0.444. The van der Waals surface area contributed by atoms with Crippen LogP contribution in [0.2, 0.25) is 0 Å². The van der Waals surface area contributed by atoms with Crippen molar-refractivity contribution in [2.45, 2.75) is 33.9 Å². The molecule has 21 heavy (non-hydrogen) atoms. The van der Waals surface area contributed by atoms with Gasteiger partial charge < -0.3 is 14.6 Å². The van der Waals surface area contributed by atoms with Gasteiger partial charge in [-0.3, -0.25) is 0 Å². The Morgan fingerprint density at radius 1 is 1.24 bits per heavy atom. The van der Waals surface area contributed by atoms with E-state index in [4.69, 9.17) is 4.42 Å². The first kappa shape index (κ1) is 15.6. The molecular formula is C18H26N2O. The maximum absolute atomic E-state index is 5.66. The number of hydrogen-bond acceptors (Lipinski definition) is 3. The zero-order chi connectivity index (χ0) is 15.2. The van der Waals surface area contributed by atoms with E-state index in [0.717, 1.165) is 25.4 Å². The van der Waals surface area contributed by atoms with Gasteiger partial charge in [-0.1, -0.05) is 26.0 Å². The first-order valence-electron chi connectivity index (χ1n) is 7.60. The van der Waals surface area contributed by atoms with E-state index in [1.807, 2.05) is 0 Å². The molecule has 0 amide bonds. The normalized spacial score (nSPS) is 11.1. The van der Waals surface area contributed by atoms with Gasteiger partial charge in [-0.15, -0.1) is 0 Å². The van der Waals surface area contributed by atoms with Crippen LogP contribution in [0.1, 0.15) is 30.7 Å². The monoisotopic (exact) mass is 286 g/mol. The summed E-state index contributed by atoms with van der Waals surface area (Å²) < 4.78 is 5.66. The van der Waals surface area contributed by atoms with Gasteiger partial charge in [0.1, 0.15) is 5.76 Å². The Hall–Kier alpha value is -1.74. The second-order valence-electron chi connectivity index (χ2n) is 6.09. The van der Waals surface area contributed by atoms with Crippen LogP contribution in [0, 0.1) is 12.8 Å². The van der Waals surface area contributed by atoms with Gasteiger partial charge in [-0.25, -0.2) is 0 Å². The predicted molar refractivity (Wildman–Crippen MR) is 88.5 cm³/mol. The Morgan fingerprint density at radius 2 is 2.05 bits per heavy atom. The molecule has 1 N–H and O–H groups in total. The summed E-state index contributed by atoms with van der Waals surface area (Å²) in [5, 5.41) is 3.47. The highest BCUT2D eigenvalue weighted by Crippen LogP contribution is 2.19. The number of nitrogens with one attached hydrogen (secondary N) is 1. The van der Waals surface area contributed by atoms with E-state index in [9.17, 15) is 0 Å². The molecule has 0 aliphatic heterocycles. The average Bonchev–Trinajstić information content (AvgIpc) is 2.86. The van der Waals surface area contributed by atoms with Crippen molar-refractivity contribution in [1.82, 2.24) is 5.32 Å². The largest absolute Gasteiger partial charge is 0.467 e. The number of furan rings is 1. The molecule has 0 spiro atoms. The minimum Gasteiger partial charge on any atom is -0.467 e. The molecule has 0 radical (unpaired) electrons. The lowest BCUT2D eigenvalue weighted by molar-refractivity contribution is 0.494. The quantitative estimate of drug-likeness (QED) is 0.835. The van der Waals surface area contributed by atoms with Crippen LogP contribution in [-0.2, 0) is 13.1 Å². The Morgan fingerprint density at radius 3 is 2.76 bits per heavy atom. The van der Waals surface area contributed by atoms with Crippen LogP contribution in [-0.4, -0.2) is 13.6 Å². The van der Waals surface area contributed by atoms with Crippen molar-refractivity contribution in [3.63, 3.8) is 0 Å². The highest BCUT2D eigenvalue weighted by atomic mass is 16.3. The summed E-state index contributed by atoms with van der Waals surface area (Å²) in [6.07, 6.45) is 1.78. The van der Waals surface area contributed by atoms with Gasteiger partial charge in [0.25, 0.3) is 0 Å². The van der Waals surface area contributed by atoms with Crippen LogP contribution < -0.4 is 10.2 Å². The summed E-state index contributed by atoms with van der Waals surface area (Å²) in [7, 11) is 2.10. The molecule has 0 fully saturated rings. The van der Waals surface area contributed by atoms with Crippen molar-refractivity contribution in [3.05, 3.63) is 53.5 Å². The molecule has 0 unspecified atom stereocenters. The van der Waals surface area contributed by atoms with Crippen LogP contribution in [0.5, 0.6) is 0 Å². The third-order valence-electron chi connectivity index (χ3n) is 3.53. The smallest absolute Gasteiger partial charge is 0.127 e. The Balaban J connectivity index is 1.98. The number of anilines is 1. The maximum atomic E-state index is 5.66. The minimum absolute atomic E-state index is 0.662. The number of aryl methyl sites for hydroxylation is 1. The lowest BCUT2D eigenvalue weighted by Gasteiger charge is -2.19. The molecule has 0 saturated heterocycles. The first-order chi connectivity index (χ1) is 10.1. The summed E-state index contributed by atoms with van der Waals surface area (Å²) in [5.41, 5.74) is 3.74. The molecule has 1 heterocycles. The molecule has 0 bridgehead atoms. The Bertz CT molecular complexity index is 560. The van der Waals surface area contributed by atoms with Gasteiger partial charge in [0.15, 0.2) is 0 Å². The lowest BCUT2D eigenvalue weighted by Crippen LogP contribution is -2.21. The van der Waals surface area contributed by atoms with Crippen LogP contribution in [0.3, 0.4) is 0 Å². The number of nitrogens with zero attached hydrogens (tertiary/aromatic N) is 1. The van der Waals surface area contributed by atoms with Gasteiger partial charge in [0.05, 0.1) is 12.8 Å². The van der Waals surface area contributed by atoms with E-state index < -0.39 is 0 Å². The fourth-order valence-electron chi connectivity index (χ4n) is 2.33. The molecule has 3 heteroatoms. The van der Waals surface area contributed by atoms with Crippen molar-refractivity contribution >= 4 is 5.69 Å². The molecule has 114 valence electrons. The predicted octanol–water partition coefficient (Wildman–Crippen LogP) is 3.97. The molecule has 0 atom stereocenters. The van der Waals surface area contributed by atoms with Gasteiger partial charge in [-0.2, -0.15) is 0 Å². The highest BCUT2D eigenvalue weighted by molar-refractivity contribution is 5.48. The molecule has 1 aromatic heterocycles. The Labute approximate surface area is 128 Å². The van der Waals surface area contributed by atoms with E-state index in [1.165, 1.54) is 16.8 Å². The summed E-state index contributed by atoms with van der Waals surface area (Å²) in [5.74, 6) is 1.70. The summed E-state index contributed by atoms with van der Waals surface area (Å²) >= 11 is 0. The summed E-state index contributed by atoms with van der Waals surface area (Å²) in [6.45, 7) is 9.23. The van der Waals surface area contributed by atoms with E-state index in [-0.39, 0.29) is 0 Å². The second kappa shape index (κ2) is 7.32. The zero-order valence-electron chi connectivity index (χ0n) is 13.5. The SMILES string of the molecule is Cc1cccc(N(C)Cc2occc2CNCC(C)C)c1. The number of hydrogen-bond donors (Lipinski definition) is 1. The average molecular weight is 286 g/mol. The number of benzene rings is 1. The first-order valence-corrected chi connectivity index (χ1v) is 7.60. The van der Waals surface area contributed by atoms with Crippen molar-refractivity contribution in [3.8, 4) is 0 Å². The molecule has 0 saturated carbocycles. The zero-order valence-corrected chi connectivity index (χ0v) is 13.5. The van der Waals surface area contributed by atoms with Crippen LogP contribution in [0.25, 0.3) is 0 Å². The van der Waals surface area contributed by atoms with Crippen molar-refractivity contribution < 1.29 is 4.42 Å². The van der Waals surface area contributed by atoms with Crippen molar-refractivity contribution in [2.24, 2.45) is 5.92 Å². The van der Waals surface area contributed by atoms with Crippen molar-refractivity contribution in [2.75, 3.05) is 18.5 Å². The molecule has 1 aromatic carbocycles. The van der Waals surface area contributed by atoms with E-state index in [2.05, 4.69) is 68.4 Å². The van der Waals surface area contributed by atoms with E-state index in [1.54, 1.807) is 6.26 Å². The van der Waals surface area contributed by atoms with Crippen molar-refractivity contribution in [1.29, 1.82) is 0 Å². The molecule has 2 rings (SSSR count). The van der Waals surface area contributed by atoms with Crippen LogP contribution in [0.15, 0.2) is 41.0 Å². The fourth-order valence-corrected chi connectivity index (χ4v) is 2.33. The second-order valence-corrected chi connectivity index (χ2v) is 6.09. The van der Waals surface area contributed by atoms with Gasteiger partial charge in [0, 0.05) is 24.8 Å². The molecular weight excluding hydrogens is 260 g/mol. The third kappa shape index (κ3) is 4.64. The Kier molecular flexibility index (Phi) is 5.45. The van der Waals surface area contributed by atoms with E-state index in [0.29, 0.717) is 5.92 Å². The minimum atomic E-state index is 0.662. The lowest BCUT2D eigenvalue weighted by atomic mass is 10.2. The topological polar surface area (TPSA) is 28.4 Å². The van der Waals surface area contributed by atoms with E-state index >= 15 is 0 Å². The molecule has 0 aliphatic carbocycles. The van der Waals surface area contributed by atoms with Gasteiger partial charge >= 0.3 is 0 Å². The van der Waals surface area contributed by atoms with Crippen LogP contribution >= 0.6 is 0 Å². The number of rotatable bonds is 7. The summed E-state index contributed by atoms with van der Waals surface area (Å²) in [4.78, 5) is 2.22. The van der Waals surface area contributed by atoms with Crippen LogP contribution in [0.4, 0.5) is 5.69 Å².